The van der Waals surface area contributed by atoms with Crippen molar-refractivity contribution in [1.29, 1.82) is 0 Å². The van der Waals surface area contributed by atoms with E-state index in [2.05, 4.69) is 10.2 Å². The van der Waals surface area contributed by atoms with Gasteiger partial charge in [-0.2, -0.15) is 0 Å². The molecule has 172 valence electrons. The number of nitrogens with one attached hydrogen (secondary N) is 1. The topological polar surface area (TPSA) is 96.0 Å². The molecule has 0 atom stereocenters. The minimum absolute atomic E-state index is 0.00203. The van der Waals surface area contributed by atoms with Crippen LogP contribution < -0.4 is 10.2 Å². The largest absolute Gasteiger partial charge is 0.378 e. The van der Waals surface area contributed by atoms with E-state index in [1.807, 2.05) is 24.3 Å². The third-order valence-corrected chi connectivity index (χ3v) is 7.15. The highest BCUT2D eigenvalue weighted by Crippen LogP contribution is 2.21. The van der Waals surface area contributed by atoms with Crippen LogP contribution in [0.5, 0.6) is 0 Å². The fraction of sp³-hybridized carbons (Fsp3) is 0.391. The molecule has 1 aliphatic rings. The van der Waals surface area contributed by atoms with Crippen molar-refractivity contribution in [3.8, 4) is 0 Å². The zero-order chi connectivity index (χ0) is 23.1. The van der Waals surface area contributed by atoms with E-state index in [4.69, 9.17) is 4.74 Å². The molecule has 1 saturated heterocycles. The molecule has 1 N–H and O–H groups in total. The second-order valence-corrected chi connectivity index (χ2v) is 9.75. The summed E-state index contributed by atoms with van der Waals surface area (Å²) in [6, 6.07) is 13.6. The molecule has 2 aromatic carbocycles. The predicted molar refractivity (Wildman–Crippen MR) is 124 cm³/mol. The second-order valence-electron chi connectivity index (χ2n) is 7.67. The molecule has 32 heavy (non-hydrogen) atoms. The number of rotatable bonds is 8. The lowest BCUT2D eigenvalue weighted by molar-refractivity contribution is -0.116. The maximum absolute atomic E-state index is 12.9. The van der Waals surface area contributed by atoms with Crippen molar-refractivity contribution in [2.75, 3.05) is 55.9 Å². The van der Waals surface area contributed by atoms with Crippen molar-refractivity contribution in [2.45, 2.75) is 18.2 Å². The molecular weight excluding hydrogens is 430 g/mol. The number of carbonyl (C=O) groups is 2. The van der Waals surface area contributed by atoms with E-state index in [1.165, 1.54) is 24.1 Å². The highest BCUT2D eigenvalue weighted by atomic mass is 32.2. The van der Waals surface area contributed by atoms with Crippen LogP contribution in [-0.2, 0) is 19.4 Å². The summed E-state index contributed by atoms with van der Waals surface area (Å²) < 4.78 is 30.4. The summed E-state index contributed by atoms with van der Waals surface area (Å²) in [6.07, 6.45) is 0.452. The first-order valence-electron chi connectivity index (χ1n) is 10.6. The Morgan fingerprint density at radius 3 is 2.38 bits per heavy atom. The first-order valence-corrected chi connectivity index (χ1v) is 12.3. The molecule has 0 radical (unpaired) electrons. The van der Waals surface area contributed by atoms with Crippen LogP contribution in [0.15, 0.2) is 53.4 Å². The molecular formula is C23H29N3O5S. The molecule has 0 spiro atoms. The van der Waals surface area contributed by atoms with Gasteiger partial charge in [-0.3, -0.25) is 9.59 Å². The van der Waals surface area contributed by atoms with Gasteiger partial charge in [0.1, 0.15) is 0 Å². The number of morpholine rings is 1. The Morgan fingerprint density at radius 2 is 1.72 bits per heavy atom. The van der Waals surface area contributed by atoms with Gasteiger partial charge >= 0.3 is 0 Å². The third kappa shape index (κ3) is 5.86. The quantitative estimate of drug-likeness (QED) is 0.651. The van der Waals surface area contributed by atoms with E-state index in [1.54, 1.807) is 19.1 Å². The number of anilines is 2. The summed E-state index contributed by atoms with van der Waals surface area (Å²) in [5.41, 5.74) is 1.76. The van der Waals surface area contributed by atoms with Gasteiger partial charge in [0.25, 0.3) is 5.91 Å². The third-order valence-electron chi connectivity index (χ3n) is 5.18. The molecule has 3 rings (SSSR count). The lowest BCUT2D eigenvalue weighted by Crippen LogP contribution is -2.36. The molecule has 0 aromatic heterocycles. The van der Waals surface area contributed by atoms with Gasteiger partial charge in [0, 0.05) is 31.5 Å². The van der Waals surface area contributed by atoms with Crippen molar-refractivity contribution in [3.63, 3.8) is 0 Å². The number of nitrogens with zero attached hydrogens (tertiary/aromatic N) is 2. The number of hydrogen-bond acceptors (Lipinski definition) is 6. The predicted octanol–water partition coefficient (Wildman–Crippen LogP) is 2.42. The number of sulfone groups is 1. The maximum Gasteiger partial charge on any atom is 0.255 e. The molecule has 2 aromatic rings. The van der Waals surface area contributed by atoms with E-state index >= 15 is 0 Å². The fourth-order valence-electron chi connectivity index (χ4n) is 3.56. The lowest BCUT2D eigenvalue weighted by Gasteiger charge is -2.28. The van der Waals surface area contributed by atoms with E-state index in [-0.39, 0.29) is 28.7 Å². The van der Waals surface area contributed by atoms with Gasteiger partial charge in [-0.05, 0) is 42.8 Å². The van der Waals surface area contributed by atoms with Crippen molar-refractivity contribution < 1.29 is 22.7 Å². The van der Waals surface area contributed by atoms with Crippen molar-refractivity contribution in [1.82, 2.24) is 4.90 Å². The molecule has 9 heteroatoms. The molecule has 1 heterocycles. The lowest BCUT2D eigenvalue weighted by atomic mass is 10.2. The Balaban J connectivity index is 1.63. The first-order chi connectivity index (χ1) is 15.3. The average molecular weight is 460 g/mol. The fourth-order valence-corrected chi connectivity index (χ4v) is 5.10. The number of hydrogen-bond donors (Lipinski definition) is 1. The number of ether oxygens (including phenoxy) is 1. The highest BCUT2D eigenvalue weighted by Gasteiger charge is 2.24. The number of benzene rings is 2. The molecule has 0 bridgehead atoms. The number of carbonyl (C=O) groups excluding carboxylic acids is 2. The van der Waals surface area contributed by atoms with Crippen molar-refractivity contribution >= 4 is 33.0 Å². The smallest absolute Gasteiger partial charge is 0.255 e. The maximum atomic E-state index is 12.9. The van der Waals surface area contributed by atoms with Gasteiger partial charge in [0.05, 0.1) is 36.0 Å². The van der Waals surface area contributed by atoms with Crippen LogP contribution in [0.25, 0.3) is 0 Å². The standard InChI is InChI=1S/C23H29N3O5S/c1-3-16-32(29,30)21-7-5-4-6-20(21)23(28)25(2)17-22(27)24-18-8-10-19(11-9-18)26-12-14-31-15-13-26/h4-11H,3,12-17H2,1-2H3,(H,24,27). The summed E-state index contributed by atoms with van der Waals surface area (Å²) >= 11 is 0. The van der Waals surface area contributed by atoms with Crippen LogP contribution >= 0.6 is 0 Å². The van der Waals surface area contributed by atoms with Gasteiger partial charge < -0.3 is 19.9 Å². The van der Waals surface area contributed by atoms with Crippen LogP contribution in [-0.4, -0.2) is 70.8 Å². The zero-order valence-electron chi connectivity index (χ0n) is 18.4. The van der Waals surface area contributed by atoms with Crippen LogP contribution in [0, 0.1) is 0 Å². The molecule has 2 amide bonds. The zero-order valence-corrected chi connectivity index (χ0v) is 19.2. The number of amides is 2. The van der Waals surface area contributed by atoms with Gasteiger partial charge in [-0.15, -0.1) is 0 Å². The average Bonchev–Trinajstić information content (AvgIpc) is 2.79. The van der Waals surface area contributed by atoms with Gasteiger partial charge in [0.15, 0.2) is 9.84 Å². The molecule has 1 fully saturated rings. The van der Waals surface area contributed by atoms with Crippen LogP contribution in [0.2, 0.25) is 0 Å². The van der Waals surface area contributed by atoms with E-state index < -0.39 is 15.7 Å². The van der Waals surface area contributed by atoms with Gasteiger partial charge in [0.2, 0.25) is 5.91 Å². The Labute approximate surface area is 189 Å². The minimum atomic E-state index is -3.57. The summed E-state index contributed by atoms with van der Waals surface area (Å²) in [6.45, 7) is 4.61. The summed E-state index contributed by atoms with van der Waals surface area (Å²) in [5, 5.41) is 2.78. The van der Waals surface area contributed by atoms with E-state index in [0.29, 0.717) is 25.3 Å². The highest BCUT2D eigenvalue weighted by molar-refractivity contribution is 7.91. The van der Waals surface area contributed by atoms with Gasteiger partial charge in [-0.25, -0.2) is 8.42 Å². The first kappa shape index (κ1) is 23.7. The SMILES string of the molecule is CCCS(=O)(=O)c1ccccc1C(=O)N(C)CC(=O)Nc1ccc(N2CCOCC2)cc1. The summed E-state index contributed by atoms with van der Waals surface area (Å²) in [5.74, 6) is -0.922. The van der Waals surface area contributed by atoms with Gasteiger partial charge in [-0.1, -0.05) is 19.1 Å². The normalized spacial score (nSPS) is 14.1. The Kier molecular flexibility index (Phi) is 7.87. The Morgan fingerprint density at radius 1 is 1.06 bits per heavy atom. The Bertz CT molecular complexity index is 1050. The molecule has 0 aliphatic carbocycles. The summed E-state index contributed by atoms with van der Waals surface area (Å²) in [4.78, 5) is 28.8. The van der Waals surface area contributed by atoms with Crippen molar-refractivity contribution in [3.05, 3.63) is 54.1 Å². The summed E-state index contributed by atoms with van der Waals surface area (Å²) in [7, 11) is -2.09. The molecule has 1 aliphatic heterocycles. The van der Waals surface area contributed by atoms with Crippen LogP contribution in [0.3, 0.4) is 0 Å². The van der Waals surface area contributed by atoms with E-state index in [9.17, 15) is 18.0 Å². The molecule has 0 saturated carbocycles. The minimum Gasteiger partial charge on any atom is -0.378 e. The Hall–Kier alpha value is -2.91. The molecule has 0 unspecified atom stereocenters. The van der Waals surface area contributed by atoms with Crippen LogP contribution in [0.1, 0.15) is 23.7 Å². The monoisotopic (exact) mass is 459 g/mol. The second kappa shape index (κ2) is 10.6. The van der Waals surface area contributed by atoms with E-state index in [0.717, 1.165) is 18.8 Å². The number of likely N-dealkylation sites (N-methyl/N-ethyl adjacent to an activating group) is 1. The molecule has 8 nitrogen and oxygen atoms in total. The van der Waals surface area contributed by atoms with Crippen LogP contribution in [0.4, 0.5) is 11.4 Å². The van der Waals surface area contributed by atoms with Crippen molar-refractivity contribution in [2.24, 2.45) is 0 Å².